The monoisotopic (exact) mass is 276 g/mol. The van der Waals surface area contributed by atoms with Gasteiger partial charge >= 0.3 is 0 Å². The first-order valence-corrected chi connectivity index (χ1v) is 5.98. The predicted octanol–water partition coefficient (Wildman–Crippen LogP) is 1.20. The van der Waals surface area contributed by atoms with Gasteiger partial charge in [0.15, 0.2) is 5.75 Å². The van der Waals surface area contributed by atoms with Gasteiger partial charge in [-0.2, -0.15) is 0 Å². The van der Waals surface area contributed by atoms with E-state index in [-0.39, 0.29) is 23.7 Å². The highest BCUT2D eigenvalue weighted by atomic mass is 16.6. The smallest absolute Gasteiger partial charge is 0.272 e. The van der Waals surface area contributed by atoms with Crippen molar-refractivity contribution in [1.29, 1.82) is 0 Å². The van der Waals surface area contributed by atoms with Crippen molar-refractivity contribution in [2.75, 3.05) is 11.9 Å². The van der Waals surface area contributed by atoms with Crippen molar-refractivity contribution in [3.63, 3.8) is 0 Å². The van der Waals surface area contributed by atoms with E-state index in [1.54, 1.807) is 19.1 Å². The molecule has 0 aliphatic rings. The van der Waals surface area contributed by atoms with Crippen LogP contribution in [-0.4, -0.2) is 11.5 Å². The lowest BCUT2D eigenvalue weighted by Gasteiger charge is -2.12. The minimum absolute atomic E-state index is 0.00197. The molecule has 0 aliphatic carbocycles. The molecule has 2 rings (SSSR count). The van der Waals surface area contributed by atoms with E-state index in [0.29, 0.717) is 6.61 Å². The van der Waals surface area contributed by atoms with Gasteiger partial charge in [-0.05, 0) is 12.5 Å². The summed E-state index contributed by atoms with van der Waals surface area (Å²) in [6, 6.07) is 5.92. The summed E-state index contributed by atoms with van der Waals surface area (Å²) >= 11 is 0. The third-order valence-electron chi connectivity index (χ3n) is 2.77. The van der Waals surface area contributed by atoms with E-state index in [1.807, 2.05) is 0 Å². The van der Waals surface area contributed by atoms with Crippen LogP contribution in [0.4, 0.5) is 11.4 Å². The average molecular weight is 276 g/mol. The summed E-state index contributed by atoms with van der Waals surface area (Å²) in [7, 11) is 0. The Labute approximate surface area is 113 Å². The molecule has 104 valence electrons. The summed E-state index contributed by atoms with van der Waals surface area (Å²) in [5, 5.41) is 13.3. The molecule has 2 aromatic rings. The summed E-state index contributed by atoms with van der Waals surface area (Å²) in [5.41, 5.74) is -0.312. The van der Waals surface area contributed by atoms with Crippen LogP contribution in [-0.2, 0) is 6.54 Å². The number of anilines is 1. The second-order valence-corrected chi connectivity index (χ2v) is 4.07. The molecule has 0 amide bonds. The lowest BCUT2D eigenvalue weighted by Crippen LogP contribution is -2.35. The number of nitro groups is 1. The molecule has 0 heterocycles. The van der Waals surface area contributed by atoms with Crippen molar-refractivity contribution >= 4 is 11.4 Å². The fraction of sp³-hybridized carbons (Fsp3) is 0.231. The Balaban J connectivity index is 2.06. The zero-order chi connectivity index (χ0) is 14.7. The lowest BCUT2D eigenvalue weighted by atomic mass is 10.1. The fourth-order valence-electron chi connectivity index (χ4n) is 1.74. The Morgan fingerprint density at radius 2 is 1.85 bits per heavy atom. The first-order chi connectivity index (χ1) is 9.54. The number of benzene rings is 1. The second kappa shape index (κ2) is 5.52. The molecule has 0 bridgehead atoms. The number of hydrogen-bond acceptors (Lipinski definition) is 6. The fourth-order valence-corrected chi connectivity index (χ4v) is 1.74. The van der Waals surface area contributed by atoms with Crippen LogP contribution >= 0.6 is 0 Å². The van der Waals surface area contributed by atoms with Crippen LogP contribution in [0.15, 0.2) is 33.9 Å². The number of nitro benzene ring substituents is 1. The Morgan fingerprint density at radius 1 is 1.20 bits per heavy atom. The van der Waals surface area contributed by atoms with E-state index < -0.39 is 15.8 Å². The van der Waals surface area contributed by atoms with Gasteiger partial charge < -0.3 is 10.1 Å². The van der Waals surface area contributed by atoms with E-state index >= 15 is 0 Å². The van der Waals surface area contributed by atoms with Gasteiger partial charge in [0.05, 0.1) is 11.5 Å². The molecule has 1 N–H and O–H groups in total. The van der Waals surface area contributed by atoms with Crippen LogP contribution < -0.4 is 20.9 Å². The number of non-ortho nitro benzene ring substituents is 1. The number of rotatable bonds is 6. The minimum Gasteiger partial charge on any atom is -0.488 e. The maximum atomic E-state index is 11.4. The summed E-state index contributed by atoms with van der Waals surface area (Å²) in [4.78, 5) is 32.6. The topological polar surface area (TPSA) is 98.5 Å². The molecule has 0 fully saturated rings. The van der Waals surface area contributed by atoms with Crippen LogP contribution in [0.1, 0.15) is 12.5 Å². The average Bonchev–Trinajstić information content (AvgIpc) is 2.46. The molecule has 0 aliphatic heterocycles. The Morgan fingerprint density at radius 3 is 2.40 bits per heavy atom. The molecular formula is C13H12N2O5. The van der Waals surface area contributed by atoms with Crippen LogP contribution in [0.25, 0.3) is 0 Å². The highest BCUT2D eigenvalue weighted by Crippen LogP contribution is 2.19. The molecule has 0 atom stereocenters. The summed E-state index contributed by atoms with van der Waals surface area (Å²) in [6.45, 7) is 2.30. The van der Waals surface area contributed by atoms with E-state index in [4.69, 9.17) is 4.74 Å². The first-order valence-electron chi connectivity index (χ1n) is 5.98. The molecule has 0 radical (unpaired) electrons. The Hall–Kier alpha value is -2.70. The SMILES string of the molecule is CCOc1c(NCc2ccc([N+](=O)[O-])cc2)c(=O)c1=O. The standard InChI is InChI=1S/C13H12N2O5/c1-2-20-13-10(11(16)12(13)17)14-7-8-3-5-9(6-4-8)15(18)19/h3-6,14H,2,7H2,1H3. The van der Waals surface area contributed by atoms with Crippen molar-refractivity contribution in [1.82, 2.24) is 0 Å². The number of ether oxygens (including phenoxy) is 1. The largest absolute Gasteiger partial charge is 0.488 e. The van der Waals surface area contributed by atoms with Crippen LogP contribution in [0.2, 0.25) is 0 Å². The van der Waals surface area contributed by atoms with Gasteiger partial charge in [-0.1, -0.05) is 12.1 Å². The van der Waals surface area contributed by atoms with Crippen molar-refractivity contribution in [3.05, 3.63) is 60.4 Å². The lowest BCUT2D eigenvalue weighted by molar-refractivity contribution is -0.384. The quantitative estimate of drug-likeness (QED) is 0.483. The van der Waals surface area contributed by atoms with Gasteiger partial charge in [0.2, 0.25) is 0 Å². The molecule has 2 aromatic carbocycles. The number of hydrogen-bond donors (Lipinski definition) is 1. The molecular weight excluding hydrogens is 264 g/mol. The summed E-state index contributed by atoms with van der Waals surface area (Å²) in [6.07, 6.45) is 0. The van der Waals surface area contributed by atoms with Crippen LogP contribution in [0.5, 0.6) is 5.75 Å². The van der Waals surface area contributed by atoms with Gasteiger partial charge in [-0.3, -0.25) is 19.7 Å². The number of nitrogens with zero attached hydrogens (tertiary/aromatic N) is 1. The second-order valence-electron chi connectivity index (χ2n) is 4.07. The van der Waals surface area contributed by atoms with E-state index in [0.717, 1.165) is 5.56 Å². The molecule has 0 saturated carbocycles. The van der Waals surface area contributed by atoms with Crippen molar-refractivity contribution in [3.8, 4) is 5.75 Å². The van der Waals surface area contributed by atoms with Crippen molar-refractivity contribution < 1.29 is 9.66 Å². The maximum absolute atomic E-state index is 11.4. The first kappa shape index (κ1) is 13.7. The molecule has 0 aromatic heterocycles. The molecule has 0 spiro atoms. The van der Waals surface area contributed by atoms with Crippen molar-refractivity contribution in [2.24, 2.45) is 0 Å². The van der Waals surface area contributed by atoms with Crippen molar-refractivity contribution in [2.45, 2.75) is 13.5 Å². The zero-order valence-electron chi connectivity index (χ0n) is 10.7. The van der Waals surface area contributed by atoms with Gasteiger partial charge in [0.1, 0.15) is 5.69 Å². The molecule has 7 heteroatoms. The Kier molecular flexibility index (Phi) is 3.79. The van der Waals surface area contributed by atoms with Gasteiger partial charge in [0, 0.05) is 18.7 Å². The van der Waals surface area contributed by atoms with E-state index in [9.17, 15) is 19.7 Å². The maximum Gasteiger partial charge on any atom is 0.272 e. The zero-order valence-corrected chi connectivity index (χ0v) is 10.7. The van der Waals surface area contributed by atoms with E-state index in [1.165, 1.54) is 12.1 Å². The molecule has 0 saturated heterocycles. The molecule has 20 heavy (non-hydrogen) atoms. The normalized spacial score (nSPS) is 10.4. The molecule has 7 nitrogen and oxygen atoms in total. The summed E-state index contributed by atoms with van der Waals surface area (Å²) < 4.78 is 5.07. The molecule has 0 unspecified atom stereocenters. The van der Waals surface area contributed by atoms with Gasteiger partial charge in [-0.15, -0.1) is 0 Å². The highest BCUT2D eigenvalue weighted by molar-refractivity contribution is 5.62. The number of nitrogens with one attached hydrogen (secondary N) is 1. The van der Waals surface area contributed by atoms with Crippen LogP contribution in [0.3, 0.4) is 0 Å². The minimum atomic E-state index is -0.627. The van der Waals surface area contributed by atoms with Gasteiger partial charge in [-0.25, -0.2) is 0 Å². The van der Waals surface area contributed by atoms with Crippen LogP contribution in [0, 0.1) is 10.1 Å². The third kappa shape index (κ3) is 2.51. The summed E-state index contributed by atoms with van der Waals surface area (Å²) in [5.74, 6) is 0.0550. The highest BCUT2D eigenvalue weighted by Gasteiger charge is 2.21. The Bertz CT molecular complexity index is 698. The van der Waals surface area contributed by atoms with E-state index in [2.05, 4.69) is 5.32 Å². The predicted molar refractivity (Wildman–Crippen MR) is 72.9 cm³/mol. The third-order valence-corrected chi connectivity index (χ3v) is 2.77. The van der Waals surface area contributed by atoms with Gasteiger partial charge in [0.25, 0.3) is 16.5 Å².